The summed E-state index contributed by atoms with van der Waals surface area (Å²) in [5.41, 5.74) is -2.03. The highest BCUT2D eigenvalue weighted by atomic mass is 16.6. The highest BCUT2D eigenvalue weighted by molar-refractivity contribution is 5.88. The lowest BCUT2D eigenvalue weighted by Gasteiger charge is -2.39. The number of esters is 6. The van der Waals surface area contributed by atoms with Gasteiger partial charge in [0, 0.05) is 23.7 Å². The summed E-state index contributed by atoms with van der Waals surface area (Å²) in [6.45, 7) is 15.4. The van der Waals surface area contributed by atoms with Crippen LogP contribution in [0.1, 0.15) is 145 Å². The van der Waals surface area contributed by atoms with Crippen molar-refractivity contribution in [3.63, 3.8) is 0 Å². The van der Waals surface area contributed by atoms with Crippen LogP contribution < -0.4 is 0 Å². The van der Waals surface area contributed by atoms with E-state index in [-0.39, 0.29) is 65.1 Å². The van der Waals surface area contributed by atoms with Crippen molar-refractivity contribution in [2.24, 2.45) is 70.0 Å². The number of hydrogen-bond donors (Lipinski definition) is 0. The molecule has 15 atom stereocenters. The highest BCUT2D eigenvalue weighted by Gasteiger charge is 2.72. The summed E-state index contributed by atoms with van der Waals surface area (Å²) in [5.74, 6) is -3.15. The van der Waals surface area contributed by atoms with E-state index in [4.69, 9.17) is 28.4 Å². The number of ether oxygens (including phenoxy) is 6. The molecule has 322 valence electrons. The fourth-order valence-corrected chi connectivity index (χ4v) is 12.8. The van der Waals surface area contributed by atoms with Crippen LogP contribution in [0.5, 0.6) is 0 Å². The largest absolute Gasteiger partial charge is 0.459 e. The van der Waals surface area contributed by atoms with Crippen molar-refractivity contribution in [3.8, 4) is 0 Å². The predicted octanol–water partition coefficient (Wildman–Crippen LogP) is 7.06. The molecule has 0 spiro atoms. The molecule has 0 N–H and O–H groups in total. The van der Waals surface area contributed by atoms with Gasteiger partial charge in [-0.1, -0.05) is 27.2 Å². The van der Waals surface area contributed by atoms with E-state index >= 15 is 0 Å². The SMILES string of the molecule is CCC(C)(C)C(=O)OC1C2CC3C1OC(=O)C3C2C(=O)OC1(C)CCCCC1.CCC(C)(C)C(=O)OC1C2CC3C1OC(=O)C3C2C(=O)OC1(CC)CC2CCC1C2. The van der Waals surface area contributed by atoms with Crippen molar-refractivity contribution in [1.82, 2.24) is 0 Å². The maximum Gasteiger partial charge on any atom is 0.311 e. The second-order valence-electron chi connectivity index (χ2n) is 21.1. The molecule has 6 bridgehead atoms. The van der Waals surface area contributed by atoms with Crippen molar-refractivity contribution in [1.29, 1.82) is 0 Å². The minimum Gasteiger partial charge on any atom is -0.459 e. The molecule has 7 aliphatic carbocycles. The molecule has 0 aromatic heterocycles. The summed E-state index contributed by atoms with van der Waals surface area (Å²) in [4.78, 5) is 77.2. The summed E-state index contributed by atoms with van der Waals surface area (Å²) < 4.78 is 35.2. The minimum absolute atomic E-state index is 0.0415. The van der Waals surface area contributed by atoms with E-state index in [9.17, 15) is 28.8 Å². The number of rotatable bonds is 11. The minimum atomic E-state index is -0.602. The zero-order valence-electron chi connectivity index (χ0n) is 35.9. The van der Waals surface area contributed by atoms with Crippen LogP contribution >= 0.6 is 0 Å². The average Bonchev–Trinajstić information content (AvgIpc) is 4.06. The normalized spacial score (nSPS) is 42.1. The Morgan fingerprint density at radius 2 is 1.16 bits per heavy atom. The molecule has 0 aromatic carbocycles. The van der Waals surface area contributed by atoms with Crippen LogP contribution in [0.4, 0.5) is 0 Å². The van der Waals surface area contributed by atoms with Crippen LogP contribution in [0, 0.1) is 70.0 Å². The number of fused-ring (bicyclic) bond motifs is 4. The lowest BCUT2D eigenvalue weighted by molar-refractivity contribution is -0.182. The third-order valence-electron chi connectivity index (χ3n) is 17.1. The van der Waals surface area contributed by atoms with Crippen molar-refractivity contribution >= 4 is 35.8 Å². The van der Waals surface area contributed by atoms with Crippen molar-refractivity contribution in [2.75, 3.05) is 0 Å². The Kier molecular flexibility index (Phi) is 10.6. The molecular formula is C46H66O12. The molecule has 12 nitrogen and oxygen atoms in total. The van der Waals surface area contributed by atoms with E-state index < -0.39 is 64.5 Å². The van der Waals surface area contributed by atoms with Crippen LogP contribution in [0.2, 0.25) is 0 Å². The van der Waals surface area contributed by atoms with Gasteiger partial charge < -0.3 is 28.4 Å². The topological polar surface area (TPSA) is 158 Å². The predicted molar refractivity (Wildman–Crippen MR) is 207 cm³/mol. The van der Waals surface area contributed by atoms with Gasteiger partial charge in [-0.25, -0.2) is 0 Å². The smallest absolute Gasteiger partial charge is 0.311 e. The number of carbonyl (C=O) groups excluding carboxylic acids is 6. The lowest BCUT2D eigenvalue weighted by atomic mass is 9.77. The third-order valence-corrected chi connectivity index (χ3v) is 17.1. The van der Waals surface area contributed by atoms with Gasteiger partial charge in [0.1, 0.15) is 35.6 Å². The summed E-state index contributed by atoms with van der Waals surface area (Å²) in [6.07, 6.45) is 11.1. The highest BCUT2D eigenvalue weighted by Crippen LogP contribution is 2.62. The Labute approximate surface area is 343 Å². The molecule has 12 heteroatoms. The summed E-state index contributed by atoms with van der Waals surface area (Å²) >= 11 is 0. The fourth-order valence-electron chi connectivity index (χ4n) is 12.8. The van der Waals surface area contributed by atoms with Gasteiger partial charge in [0.15, 0.2) is 0 Å². The van der Waals surface area contributed by atoms with E-state index in [0.29, 0.717) is 37.5 Å². The van der Waals surface area contributed by atoms with E-state index in [0.717, 1.165) is 51.4 Å². The molecule has 0 radical (unpaired) electrons. The maximum atomic E-state index is 13.5. The third kappa shape index (κ3) is 6.67. The fraction of sp³-hybridized carbons (Fsp3) is 0.870. The molecule has 0 amide bonds. The lowest BCUT2D eigenvalue weighted by Crippen LogP contribution is -2.48. The first kappa shape index (κ1) is 41.5. The molecule has 15 unspecified atom stereocenters. The first-order valence-corrected chi connectivity index (χ1v) is 22.7. The Balaban J connectivity index is 0.000000162. The van der Waals surface area contributed by atoms with Gasteiger partial charge >= 0.3 is 35.8 Å². The van der Waals surface area contributed by atoms with E-state index in [1.807, 2.05) is 48.5 Å². The molecule has 0 aromatic rings. The van der Waals surface area contributed by atoms with Crippen molar-refractivity contribution < 1.29 is 57.2 Å². The summed E-state index contributed by atoms with van der Waals surface area (Å²) in [5, 5.41) is 0. The number of hydrogen-bond acceptors (Lipinski definition) is 12. The van der Waals surface area contributed by atoms with Gasteiger partial charge in [-0.05, 0) is 130 Å². The number of carbonyl (C=O) groups is 6. The van der Waals surface area contributed by atoms with Crippen LogP contribution in [-0.2, 0) is 57.2 Å². The van der Waals surface area contributed by atoms with Gasteiger partial charge in [-0.15, -0.1) is 0 Å². The Hall–Kier alpha value is -3.18. The molecule has 9 rings (SSSR count). The Bertz CT molecular complexity index is 1690. The standard InChI is InChI=1S/C24H34O6.C22H32O6/c1-5-23(3,4)22(27)29-19-15-10-14-16(20(25)28-18(14)19)17(15)21(26)30-24(6-2)11-12-7-8-13(24)9-12;1-5-21(2,3)20(25)27-17-13-11-12-14(18(23)26-16(12)17)15(13)19(24)28-22(4)9-7-6-8-10-22/h12-19H,5-11H2,1-4H3;12-17H,5-11H2,1-4H3. The van der Waals surface area contributed by atoms with Crippen molar-refractivity contribution in [3.05, 3.63) is 0 Å². The first-order chi connectivity index (χ1) is 27.4. The maximum absolute atomic E-state index is 13.5. The van der Waals surface area contributed by atoms with Crippen LogP contribution in [0.15, 0.2) is 0 Å². The molecule has 58 heavy (non-hydrogen) atoms. The Morgan fingerprint density at radius 3 is 1.57 bits per heavy atom. The average molecular weight is 811 g/mol. The molecule has 2 saturated heterocycles. The Morgan fingerprint density at radius 1 is 0.672 bits per heavy atom. The van der Waals surface area contributed by atoms with Crippen molar-refractivity contribution in [2.45, 2.75) is 181 Å². The first-order valence-electron chi connectivity index (χ1n) is 22.7. The monoisotopic (exact) mass is 810 g/mol. The van der Waals surface area contributed by atoms with Gasteiger partial charge in [0.25, 0.3) is 0 Å². The van der Waals surface area contributed by atoms with E-state index in [1.165, 1.54) is 12.8 Å². The molecule has 2 aliphatic heterocycles. The molecule has 2 heterocycles. The van der Waals surface area contributed by atoms with Gasteiger partial charge in [-0.3, -0.25) is 28.8 Å². The molecule has 9 aliphatic rings. The zero-order chi connectivity index (χ0) is 41.7. The van der Waals surface area contributed by atoms with Gasteiger partial charge in [0.2, 0.25) is 0 Å². The summed E-state index contributed by atoms with van der Waals surface area (Å²) in [7, 11) is 0. The molecule has 7 saturated carbocycles. The zero-order valence-corrected chi connectivity index (χ0v) is 35.9. The second-order valence-corrected chi connectivity index (χ2v) is 21.1. The van der Waals surface area contributed by atoms with Gasteiger partial charge in [0.05, 0.1) is 34.5 Å². The van der Waals surface area contributed by atoms with E-state index in [2.05, 4.69) is 6.92 Å². The molecule has 9 fully saturated rings. The van der Waals surface area contributed by atoms with Crippen LogP contribution in [0.3, 0.4) is 0 Å². The van der Waals surface area contributed by atoms with Crippen LogP contribution in [0.25, 0.3) is 0 Å². The summed E-state index contributed by atoms with van der Waals surface area (Å²) in [6, 6.07) is 0. The second kappa shape index (κ2) is 14.8. The van der Waals surface area contributed by atoms with E-state index in [1.54, 1.807) is 0 Å². The molecular weight excluding hydrogens is 744 g/mol. The van der Waals surface area contributed by atoms with Crippen LogP contribution in [-0.4, -0.2) is 71.4 Å². The van der Waals surface area contributed by atoms with Gasteiger partial charge in [-0.2, -0.15) is 0 Å². The quantitative estimate of drug-likeness (QED) is 0.155.